The molecule has 0 unspecified atom stereocenters. The Balaban J connectivity index is 2.74. The van der Waals surface area contributed by atoms with Crippen LogP contribution < -0.4 is 5.32 Å². The lowest BCUT2D eigenvalue weighted by molar-refractivity contribution is -0.139. The van der Waals surface area contributed by atoms with Gasteiger partial charge in [-0.05, 0) is 44.7 Å². The highest BCUT2D eigenvalue weighted by molar-refractivity contribution is 7.98. The standard InChI is InChI=1S/C15H21NO4S/c1-15(2,3)20-14(19)16-12(13(17)18)9-10-6-5-7-11(8-10)21-4/h5-8,12H,9H2,1-4H3,(H,16,19)(H,17,18)/t12-/m1/s1. The number of thioether (sulfide) groups is 1. The van der Waals surface area contributed by atoms with Gasteiger partial charge in [0.25, 0.3) is 0 Å². The van der Waals surface area contributed by atoms with E-state index in [-0.39, 0.29) is 6.42 Å². The summed E-state index contributed by atoms with van der Waals surface area (Å²) in [5.41, 5.74) is 0.191. The number of nitrogens with one attached hydrogen (secondary N) is 1. The molecule has 0 spiro atoms. The molecule has 1 rings (SSSR count). The number of amides is 1. The molecule has 0 heterocycles. The van der Waals surface area contributed by atoms with Crippen molar-refractivity contribution in [1.82, 2.24) is 5.32 Å². The van der Waals surface area contributed by atoms with Crippen LogP contribution in [0.3, 0.4) is 0 Å². The van der Waals surface area contributed by atoms with Crippen LogP contribution in [0.25, 0.3) is 0 Å². The quantitative estimate of drug-likeness (QED) is 0.818. The normalized spacial score (nSPS) is 12.6. The van der Waals surface area contributed by atoms with E-state index >= 15 is 0 Å². The van der Waals surface area contributed by atoms with Crippen molar-refractivity contribution in [2.45, 2.75) is 43.7 Å². The molecule has 1 atom stereocenters. The third kappa shape index (κ3) is 6.53. The van der Waals surface area contributed by atoms with Crippen molar-refractivity contribution in [3.05, 3.63) is 29.8 Å². The topological polar surface area (TPSA) is 75.6 Å². The second kappa shape index (κ2) is 7.36. The average Bonchev–Trinajstić information content (AvgIpc) is 2.36. The van der Waals surface area contributed by atoms with E-state index in [0.717, 1.165) is 10.5 Å². The maximum absolute atomic E-state index is 11.7. The van der Waals surface area contributed by atoms with Crippen molar-refractivity contribution < 1.29 is 19.4 Å². The lowest BCUT2D eigenvalue weighted by Gasteiger charge is -2.22. The molecule has 0 aliphatic heterocycles. The molecule has 6 heteroatoms. The largest absolute Gasteiger partial charge is 0.480 e. The van der Waals surface area contributed by atoms with Crippen molar-refractivity contribution in [3.63, 3.8) is 0 Å². The minimum atomic E-state index is -1.09. The Labute approximate surface area is 129 Å². The van der Waals surface area contributed by atoms with Gasteiger partial charge in [-0.25, -0.2) is 9.59 Å². The zero-order valence-corrected chi connectivity index (χ0v) is 13.5. The number of carbonyl (C=O) groups is 2. The minimum absolute atomic E-state index is 0.211. The van der Waals surface area contributed by atoms with Crippen molar-refractivity contribution in [2.75, 3.05) is 6.26 Å². The van der Waals surface area contributed by atoms with Gasteiger partial charge in [-0.3, -0.25) is 0 Å². The van der Waals surface area contributed by atoms with Gasteiger partial charge in [-0.1, -0.05) is 12.1 Å². The molecule has 0 bridgehead atoms. The molecular formula is C15H21NO4S. The number of ether oxygens (including phenoxy) is 1. The highest BCUT2D eigenvalue weighted by atomic mass is 32.2. The second-order valence-corrected chi connectivity index (χ2v) is 6.47. The van der Waals surface area contributed by atoms with E-state index in [0.29, 0.717) is 0 Å². The zero-order chi connectivity index (χ0) is 16.0. The molecular weight excluding hydrogens is 290 g/mol. The number of rotatable bonds is 5. The summed E-state index contributed by atoms with van der Waals surface area (Å²) in [6, 6.07) is 6.56. The molecule has 1 aromatic carbocycles. The summed E-state index contributed by atoms with van der Waals surface area (Å²) in [5, 5.41) is 11.6. The van der Waals surface area contributed by atoms with Crippen molar-refractivity contribution in [2.24, 2.45) is 0 Å². The molecule has 1 aromatic rings. The molecule has 116 valence electrons. The SMILES string of the molecule is CSc1cccc(C[C@@H](NC(=O)OC(C)(C)C)C(=O)O)c1. The molecule has 0 aliphatic carbocycles. The first kappa shape index (κ1) is 17.4. The molecule has 1 amide bonds. The number of carbonyl (C=O) groups excluding carboxylic acids is 1. The fraction of sp³-hybridized carbons (Fsp3) is 0.467. The number of benzene rings is 1. The lowest BCUT2D eigenvalue weighted by Crippen LogP contribution is -2.44. The van der Waals surface area contributed by atoms with Gasteiger partial charge in [0.15, 0.2) is 0 Å². The van der Waals surface area contributed by atoms with Crippen LogP contribution in [0.15, 0.2) is 29.2 Å². The monoisotopic (exact) mass is 311 g/mol. The van der Waals surface area contributed by atoms with Crippen LogP contribution in [0.5, 0.6) is 0 Å². The average molecular weight is 311 g/mol. The van der Waals surface area contributed by atoms with Crippen LogP contribution in [0.4, 0.5) is 4.79 Å². The summed E-state index contributed by atoms with van der Waals surface area (Å²) in [6.45, 7) is 5.18. The Morgan fingerprint density at radius 2 is 2.05 bits per heavy atom. The van der Waals surface area contributed by atoms with Crippen LogP contribution in [0.1, 0.15) is 26.3 Å². The first-order valence-electron chi connectivity index (χ1n) is 6.56. The molecule has 2 N–H and O–H groups in total. The number of aliphatic carboxylic acids is 1. The zero-order valence-electron chi connectivity index (χ0n) is 12.7. The van der Waals surface area contributed by atoms with Crippen molar-refractivity contribution >= 4 is 23.8 Å². The predicted molar refractivity (Wildman–Crippen MR) is 82.7 cm³/mol. The van der Waals surface area contributed by atoms with E-state index in [4.69, 9.17) is 4.74 Å². The Morgan fingerprint density at radius 1 is 1.38 bits per heavy atom. The summed E-state index contributed by atoms with van der Waals surface area (Å²) in [4.78, 5) is 24.0. The molecule has 0 aliphatic rings. The van der Waals surface area contributed by atoms with Gasteiger partial charge >= 0.3 is 12.1 Å². The number of hydrogen-bond donors (Lipinski definition) is 2. The minimum Gasteiger partial charge on any atom is -0.480 e. The Morgan fingerprint density at radius 3 is 2.57 bits per heavy atom. The predicted octanol–water partition coefficient (Wildman–Crippen LogP) is 2.93. The molecule has 21 heavy (non-hydrogen) atoms. The number of carboxylic acids is 1. The Hall–Kier alpha value is -1.69. The van der Waals surface area contributed by atoms with Gasteiger partial charge in [0.2, 0.25) is 0 Å². The highest BCUT2D eigenvalue weighted by Crippen LogP contribution is 2.17. The lowest BCUT2D eigenvalue weighted by atomic mass is 10.1. The van der Waals surface area contributed by atoms with Crippen molar-refractivity contribution in [3.8, 4) is 0 Å². The van der Waals surface area contributed by atoms with Gasteiger partial charge in [0.05, 0.1) is 0 Å². The summed E-state index contributed by atoms with van der Waals surface area (Å²) >= 11 is 1.58. The van der Waals surface area contributed by atoms with Gasteiger partial charge in [0.1, 0.15) is 11.6 Å². The van der Waals surface area contributed by atoms with Crippen LogP contribution in [-0.4, -0.2) is 35.1 Å². The molecule has 0 aromatic heterocycles. The van der Waals surface area contributed by atoms with Crippen molar-refractivity contribution in [1.29, 1.82) is 0 Å². The highest BCUT2D eigenvalue weighted by Gasteiger charge is 2.24. The summed E-state index contributed by atoms with van der Waals surface area (Å²) in [6.07, 6.45) is 1.44. The van der Waals surface area contributed by atoms with Gasteiger partial charge in [-0.2, -0.15) is 0 Å². The number of hydrogen-bond acceptors (Lipinski definition) is 4. The van der Waals surface area contributed by atoms with Gasteiger partial charge in [0, 0.05) is 11.3 Å². The van der Waals surface area contributed by atoms with Gasteiger partial charge in [-0.15, -0.1) is 11.8 Å². The van der Waals surface area contributed by atoms with Crippen LogP contribution >= 0.6 is 11.8 Å². The summed E-state index contributed by atoms with van der Waals surface area (Å²) in [7, 11) is 0. The first-order chi connectivity index (χ1) is 9.71. The van der Waals surface area contributed by atoms with E-state index < -0.39 is 23.7 Å². The molecule has 5 nitrogen and oxygen atoms in total. The van der Waals surface area contributed by atoms with E-state index in [2.05, 4.69) is 5.32 Å². The smallest absolute Gasteiger partial charge is 0.408 e. The van der Waals surface area contributed by atoms with E-state index in [9.17, 15) is 14.7 Å². The molecule has 0 radical (unpaired) electrons. The third-order valence-corrected chi connectivity index (χ3v) is 3.29. The fourth-order valence-corrected chi connectivity index (χ4v) is 2.17. The number of alkyl carbamates (subject to hydrolysis) is 1. The Bertz CT molecular complexity index is 511. The maximum Gasteiger partial charge on any atom is 0.408 e. The molecule has 0 fully saturated rings. The van der Waals surface area contributed by atoms with Crippen LogP contribution in [-0.2, 0) is 16.0 Å². The third-order valence-electron chi connectivity index (χ3n) is 2.56. The van der Waals surface area contributed by atoms with E-state index in [1.165, 1.54) is 0 Å². The summed E-state index contributed by atoms with van der Waals surface area (Å²) in [5.74, 6) is -1.09. The van der Waals surface area contributed by atoms with Crippen LogP contribution in [0.2, 0.25) is 0 Å². The first-order valence-corrected chi connectivity index (χ1v) is 7.79. The number of carboxylic acid groups (broad SMARTS) is 1. The maximum atomic E-state index is 11.7. The second-order valence-electron chi connectivity index (χ2n) is 5.59. The summed E-state index contributed by atoms with van der Waals surface area (Å²) < 4.78 is 5.08. The van der Waals surface area contributed by atoms with Crippen LogP contribution in [0, 0.1) is 0 Å². The van der Waals surface area contributed by atoms with Gasteiger partial charge < -0.3 is 15.2 Å². The Kier molecular flexibility index (Phi) is 6.08. The van der Waals surface area contributed by atoms with E-state index in [1.807, 2.05) is 30.5 Å². The molecule has 0 saturated carbocycles. The van der Waals surface area contributed by atoms with E-state index in [1.54, 1.807) is 32.5 Å². The molecule has 0 saturated heterocycles. The fourth-order valence-electron chi connectivity index (χ4n) is 1.69.